The lowest BCUT2D eigenvalue weighted by Crippen LogP contribution is -2.39. The van der Waals surface area contributed by atoms with Crippen molar-refractivity contribution in [2.75, 3.05) is 13.1 Å². The van der Waals surface area contributed by atoms with Crippen LogP contribution < -0.4 is 0 Å². The van der Waals surface area contributed by atoms with E-state index >= 15 is 0 Å². The predicted octanol–water partition coefficient (Wildman–Crippen LogP) is 3.69. The molecule has 1 amide bonds. The first-order chi connectivity index (χ1) is 13.7. The van der Waals surface area contributed by atoms with E-state index in [2.05, 4.69) is 34.9 Å². The van der Waals surface area contributed by atoms with E-state index in [1.807, 2.05) is 40.3 Å². The number of hydrogen-bond acceptors (Lipinski definition) is 3. The number of nitrogens with zero attached hydrogens (tertiary/aromatic N) is 5. The smallest absolute Gasteiger partial charge is 0.219 e. The van der Waals surface area contributed by atoms with Crippen LogP contribution in [0.5, 0.6) is 0 Å². The van der Waals surface area contributed by atoms with Gasteiger partial charge in [-0.3, -0.25) is 9.48 Å². The van der Waals surface area contributed by atoms with Crippen LogP contribution in [0.2, 0.25) is 0 Å². The Bertz CT molecular complexity index is 943. The zero-order valence-corrected chi connectivity index (χ0v) is 16.6. The maximum atomic E-state index is 11.8. The van der Waals surface area contributed by atoms with Crippen LogP contribution in [0.25, 0.3) is 22.5 Å². The van der Waals surface area contributed by atoms with Crippen LogP contribution in [-0.2, 0) is 17.9 Å². The van der Waals surface area contributed by atoms with E-state index in [9.17, 15) is 4.79 Å². The van der Waals surface area contributed by atoms with Crippen LogP contribution in [-0.4, -0.2) is 43.2 Å². The third kappa shape index (κ3) is 3.72. The molecule has 0 aliphatic carbocycles. The molecular formula is C22H27N5O. The summed E-state index contributed by atoms with van der Waals surface area (Å²) in [6, 6.07) is 10.3. The largest absolute Gasteiger partial charge is 0.343 e. The van der Waals surface area contributed by atoms with Crippen LogP contribution in [0.4, 0.5) is 0 Å². The van der Waals surface area contributed by atoms with Gasteiger partial charge in [0.15, 0.2) is 0 Å². The molecule has 6 heteroatoms. The van der Waals surface area contributed by atoms with Gasteiger partial charge < -0.3 is 9.47 Å². The second kappa shape index (κ2) is 8.00. The highest BCUT2D eigenvalue weighted by molar-refractivity contribution is 5.78. The number of imidazole rings is 1. The first-order valence-electron chi connectivity index (χ1n) is 10.0. The average molecular weight is 377 g/mol. The van der Waals surface area contributed by atoms with Crippen LogP contribution in [0.15, 0.2) is 49.1 Å². The molecule has 1 aliphatic rings. The predicted molar refractivity (Wildman–Crippen MR) is 110 cm³/mol. The van der Waals surface area contributed by atoms with Crippen molar-refractivity contribution < 1.29 is 4.79 Å². The first kappa shape index (κ1) is 18.5. The number of likely N-dealkylation sites (tertiary alicyclic amines) is 1. The Morgan fingerprint density at radius 1 is 1.21 bits per heavy atom. The van der Waals surface area contributed by atoms with Gasteiger partial charge in [0.25, 0.3) is 0 Å². The highest BCUT2D eigenvalue weighted by atomic mass is 16.2. The first-order valence-corrected chi connectivity index (χ1v) is 10.0. The molecule has 1 saturated heterocycles. The summed E-state index contributed by atoms with van der Waals surface area (Å²) in [5, 5.41) is 4.47. The molecule has 146 valence electrons. The molecule has 1 aromatic carbocycles. The Morgan fingerprint density at radius 2 is 2.04 bits per heavy atom. The average Bonchev–Trinajstić information content (AvgIpc) is 3.35. The maximum absolute atomic E-state index is 11.8. The number of carbonyl (C=O) groups is 1. The molecule has 0 unspecified atom stereocenters. The quantitative estimate of drug-likeness (QED) is 0.681. The second-order valence-corrected chi connectivity index (χ2v) is 7.52. The normalized spacial score (nSPS) is 17.1. The van der Waals surface area contributed by atoms with E-state index in [4.69, 9.17) is 4.98 Å². The van der Waals surface area contributed by atoms with Crippen LogP contribution in [0, 0.1) is 5.92 Å². The Kier molecular flexibility index (Phi) is 5.28. The van der Waals surface area contributed by atoms with E-state index in [1.54, 1.807) is 6.92 Å². The molecule has 28 heavy (non-hydrogen) atoms. The zero-order valence-electron chi connectivity index (χ0n) is 16.6. The molecule has 1 atom stereocenters. The van der Waals surface area contributed by atoms with Crippen molar-refractivity contribution in [1.82, 2.24) is 24.2 Å². The number of carbonyl (C=O) groups excluding carboxylic acids is 1. The van der Waals surface area contributed by atoms with Crippen molar-refractivity contribution in [1.29, 1.82) is 0 Å². The number of amides is 1. The summed E-state index contributed by atoms with van der Waals surface area (Å²) in [4.78, 5) is 18.5. The maximum Gasteiger partial charge on any atom is 0.219 e. The number of hydrogen-bond donors (Lipinski definition) is 0. The fourth-order valence-corrected chi connectivity index (χ4v) is 4.07. The summed E-state index contributed by atoms with van der Waals surface area (Å²) in [6.45, 7) is 7.15. The lowest BCUT2D eigenvalue weighted by molar-refractivity contribution is -0.130. The fourth-order valence-electron chi connectivity index (χ4n) is 4.07. The van der Waals surface area contributed by atoms with Crippen LogP contribution >= 0.6 is 0 Å². The van der Waals surface area contributed by atoms with Crippen molar-refractivity contribution in [3.63, 3.8) is 0 Å². The van der Waals surface area contributed by atoms with Gasteiger partial charge in [-0.15, -0.1) is 0 Å². The van der Waals surface area contributed by atoms with Crippen LogP contribution in [0.1, 0.15) is 26.7 Å². The van der Waals surface area contributed by atoms with Gasteiger partial charge in [-0.1, -0.05) is 30.3 Å². The molecule has 2 aromatic heterocycles. The molecule has 1 fully saturated rings. The fraction of sp³-hybridized carbons (Fsp3) is 0.409. The Labute approximate surface area is 165 Å². The van der Waals surface area contributed by atoms with Gasteiger partial charge >= 0.3 is 0 Å². The van der Waals surface area contributed by atoms with E-state index in [0.29, 0.717) is 5.92 Å². The number of aromatic nitrogens is 4. The molecule has 6 nitrogen and oxygen atoms in total. The highest BCUT2D eigenvalue weighted by Crippen LogP contribution is 2.32. The molecule has 3 heterocycles. The standard InChI is InChI=1S/C22H27N5O/c1-3-27-15-20(12-24-27)22-21(19-9-5-4-6-10-19)23-16-26(22)14-18-8-7-11-25(13-18)17(2)28/h4-6,9-10,12,15-16,18H,3,7-8,11,13-14H2,1-2H3/t18-/m0/s1. The zero-order chi connectivity index (χ0) is 19.5. The third-order valence-corrected chi connectivity index (χ3v) is 5.53. The van der Waals surface area contributed by atoms with E-state index in [0.717, 1.165) is 61.5 Å². The lowest BCUT2D eigenvalue weighted by atomic mass is 9.97. The summed E-state index contributed by atoms with van der Waals surface area (Å²) < 4.78 is 4.19. The Morgan fingerprint density at radius 3 is 2.75 bits per heavy atom. The topological polar surface area (TPSA) is 56.0 Å². The van der Waals surface area contributed by atoms with Gasteiger partial charge in [0, 0.05) is 50.4 Å². The van der Waals surface area contributed by atoms with E-state index in [-0.39, 0.29) is 5.91 Å². The molecule has 0 saturated carbocycles. The molecule has 0 spiro atoms. The third-order valence-electron chi connectivity index (χ3n) is 5.53. The van der Waals surface area contributed by atoms with Gasteiger partial charge in [0.2, 0.25) is 5.91 Å². The van der Waals surface area contributed by atoms with E-state index < -0.39 is 0 Å². The molecule has 0 N–H and O–H groups in total. The Balaban J connectivity index is 1.69. The molecule has 3 aromatic rings. The van der Waals surface area contributed by atoms with Crippen molar-refractivity contribution >= 4 is 5.91 Å². The van der Waals surface area contributed by atoms with Crippen molar-refractivity contribution in [3.8, 4) is 22.5 Å². The van der Waals surface area contributed by atoms with Gasteiger partial charge in [-0.05, 0) is 25.7 Å². The summed E-state index contributed by atoms with van der Waals surface area (Å²) in [7, 11) is 0. The summed E-state index contributed by atoms with van der Waals surface area (Å²) in [5.74, 6) is 0.611. The summed E-state index contributed by atoms with van der Waals surface area (Å²) in [6.07, 6.45) is 8.15. The van der Waals surface area contributed by atoms with Crippen LogP contribution in [0.3, 0.4) is 0 Å². The molecule has 1 aliphatic heterocycles. The highest BCUT2D eigenvalue weighted by Gasteiger charge is 2.24. The van der Waals surface area contributed by atoms with Gasteiger partial charge in [-0.2, -0.15) is 5.10 Å². The van der Waals surface area contributed by atoms with Crippen molar-refractivity contribution in [2.24, 2.45) is 5.92 Å². The lowest BCUT2D eigenvalue weighted by Gasteiger charge is -2.32. The minimum atomic E-state index is 0.171. The monoisotopic (exact) mass is 377 g/mol. The SMILES string of the molecule is CCn1cc(-c2c(-c3ccccc3)ncn2C[C@H]2CCCN(C(C)=O)C2)cn1. The minimum absolute atomic E-state index is 0.171. The van der Waals surface area contributed by atoms with Crippen molar-refractivity contribution in [3.05, 3.63) is 49.1 Å². The summed E-state index contributed by atoms with van der Waals surface area (Å²) >= 11 is 0. The molecule has 0 radical (unpaired) electrons. The number of benzene rings is 1. The molecular weight excluding hydrogens is 350 g/mol. The van der Waals surface area contributed by atoms with Gasteiger partial charge in [0.05, 0.1) is 23.9 Å². The van der Waals surface area contributed by atoms with Gasteiger partial charge in [-0.25, -0.2) is 4.98 Å². The number of rotatable bonds is 5. The summed E-state index contributed by atoms with van der Waals surface area (Å²) in [5.41, 5.74) is 4.27. The molecule has 4 rings (SSSR count). The number of piperidine rings is 1. The van der Waals surface area contributed by atoms with E-state index in [1.165, 1.54) is 0 Å². The molecule has 0 bridgehead atoms. The minimum Gasteiger partial charge on any atom is -0.343 e. The Hall–Kier alpha value is -2.89. The van der Waals surface area contributed by atoms with Crippen molar-refractivity contribution in [2.45, 2.75) is 39.8 Å². The second-order valence-electron chi connectivity index (χ2n) is 7.52. The van der Waals surface area contributed by atoms with Gasteiger partial charge in [0.1, 0.15) is 0 Å². The number of aryl methyl sites for hydroxylation is 1.